The number of alkyl halides is 3. The van der Waals surface area contributed by atoms with Gasteiger partial charge in [-0.2, -0.15) is 0 Å². The fraction of sp³-hybridized carbons (Fsp3) is 0.368. The summed E-state index contributed by atoms with van der Waals surface area (Å²) in [6.07, 6.45) is -2.70. The third-order valence-electron chi connectivity index (χ3n) is 4.42. The molecule has 2 unspecified atom stereocenters. The molecule has 0 radical (unpaired) electrons. The Morgan fingerprint density at radius 3 is 2.65 bits per heavy atom. The predicted octanol–water partition coefficient (Wildman–Crippen LogP) is 4.77. The molecule has 2 aromatic carbocycles. The Morgan fingerprint density at radius 1 is 1.15 bits per heavy atom. The minimum atomic E-state index is -4.69. The van der Waals surface area contributed by atoms with E-state index in [2.05, 4.69) is 50.1 Å². The second-order valence-electron chi connectivity index (χ2n) is 6.27. The third kappa shape index (κ3) is 5.34. The normalized spacial score (nSPS) is 20.8. The maximum atomic E-state index is 12.6. The molecule has 0 spiro atoms. The van der Waals surface area contributed by atoms with E-state index in [-0.39, 0.29) is 17.8 Å². The van der Waals surface area contributed by atoms with Crippen LogP contribution in [-0.2, 0) is 6.54 Å². The fourth-order valence-electron chi connectivity index (χ4n) is 3.27. The lowest BCUT2D eigenvalue weighted by Gasteiger charge is -2.34. The highest BCUT2D eigenvalue weighted by Gasteiger charge is 2.32. The van der Waals surface area contributed by atoms with Crippen molar-refractivity contribution in [1.29, 1.82) is 0 Å². The summed E-state index contributed by atoms with van der Waals surface area (Å²) in [5.74, 6) is -0.148. The second kappa shape index (κ2) is 8.58. The molecule has 26 heavy (non-hydrogen) atoms. The molecule has 0 bridgehead atoms. The Balaban J connectivity index is 1.74. The molecular formula is C19H20F3IN2O. The van der Waals surface area contributed by atoms with Gasteiger partial charge in [0.15, 0.2) is 0 Å². The second-order valence-corrected chi connectivity index (χ2v) is 7.52. The van der Waals surface area contributed by atoms with Crippen LogP contribution in [-0.4, -0.2) is 18.9 Å². The van der Waals surface area contributed by atoms with Crippen molar-refractivity contribution in [3.8, 4) is 5.75 Å². The van der Waals surface area contributed by atoms with E-state index in [0.717, 1.165) is 23.0 Å². The Kier molecular flexibility index (Phi) is 6.42. The summed E-state index contributed by atoms with van der Waals surface area (Å²) in [7, 11) is 0. The lowest BCUT2D eigenvalue weighted by molar-refractivity contribution is -0.274. The van der Waals surface area contributed by atoms with Crippen LogP contribution in [0.2, 0.25) is 0 Å². The molecule has 3 nitrogen and oxygen atoms in total. The van der Waals surface area contributed by atoms with Crippen molar-refractivity contribution in [2.75, 3.05) is 6.54 Å². The van der Waals surface area contributed by atoms with Gasteiger partial charge in [0.25, 0.3) is 0 Å². The highest BCUT2D eigenvalue weighted by Crippen LogP contribution is 2.29. The largest absolute Gasteiger partial charge is 0.573 e. The van der Waals surface area contributed by atoms with Crippen LogP contribution < -0.4 is 15.4 Å². The topological polar surface area (TPSA) is 33.3 Å². The number of hydrogen-bond donors (Lipinski definition) is 2. The summed E-state index contributed by atoms with van der Waals surface area (Å²) in [4.78, 5) is 0. The van der Waals surface area contributed by atoms with Crippen LogP contribution in [0.25, 0.3) is 0 Å². The van der Waals surface area contributed by atoms with Gasteiger partial charge in [0.1, 0.15) is 5.75 Å². The van der Waals surface area contributed by atoms with Gasteiger partial charge >= 0.3 is 6.36 Å². The summed E-state index contributed by atoms with van der Waals surface area (Å²) < 4.78 is 43.0. The van der Waals surface area contributed by atoms with Gasteiger partial charge in [0.05, 0.1) is 0 Å². The molecule has 2 aromatic rings. The Morgan fingerprint density at radius 2 is 1.92 bits per heavy atom. The summed E-state index contributed by atoms with van der Waals surface area (Å²) in [6, 6.07) is 15.1. The molecule has 1 aliphatic heterocycles. The molecular weight excluding hydrogens is 456 g/mol. The van der Waals surface area contributed by atoms with E-state index in [1.807, 2.05) is 18.2 Å². The molecule has 1 heterocycles. The Labute approximate surface area is 164 Å². The lowest BCUT2D eigenvalue weighted by Crippen LogP contribution is -2.45. The van der Waals surface area contributed by atoms with Crippen molar-refractivity contribution in [2.45, 2.75) is 37.8 Å². The SMILES string of the molecule is FC(F)(F)Oc1ccc(I)cc1CNC1CCCNC1c1ccccc1. The van der Waals surface area contributed by atoms with Crippen molar-refractivity contribution >= 4 is 22.6 Å². The number of ether oxygens (including phenoxy) is 1. The molecule has 0 aliphatic carbocycles. The van der Waals surface area contributed by atoms with Crippen LogP contribution in [0.4, 0.5) is 13.2 Å². The maximum absolute atomic E-state index is 12.6. The molecule has 0 saturated carbocycles. The molecule has 2 N–H and O–H groups in total. The Hall–Kier alpha value is -1.32. The first-order valence-corrected chi connectivity index (χ1v) is 9.56. The lowest BCUT2D eigenvalue weighted by atomic mass is 9.92. The number of halogens is 4. The number of nitrogens with one attached hydrogen (secondary N) is 2. The minimum absolute atomic E-state index is 0.139. The van der Waals surface area contributed by atoms with Gasteiger partial charge in [0, 0.05) is 27.8 Å². The zero-order valence-corrected chi connectivity index (χ0v) is 16.2. The first-order chi connectivity index (χ1) is 12.4. The number of hydrogen-bond acceptors (Lipinski definition) is 3. The van der Waals surface area contributed by atoms with Crippen LogP contribution >= 0.6 is 22.6 Å². The molecule has 0 amide bonds. The van der Waals surface area contributed by atoms with Gasteiger partial charge in [-0.25, -0.2) is 0 Å². The highest BCUT2D eigenvalue weighted by molar-refractivity contribution is 14.1. The van der Waals surface area contributed by atoms with Crippen LogP contribution in [0, 0.1) is 3.57 Å². The molecule has 140 valence electrons. The average molecular weight is 476 g/mol. The van der Waals surface area contributed by atoms with Gasteiger partial charge in [-0.15, -0.1) is 13.2 Å². The fourth-order valence-corrected chi connectivity index (χ4v) is 3.83. The van der Waals surface area contributed by atoms with Crippen molar-refractivity contribution < 1.29 is 17.9 Å². The molecule has 3 rings (SSSR count). The number of benzene rings is 2. The summed E-state index contributed by atoms with van der Waals surface area (Å²) >= 11 is 2.09. The first-order valence-electron chi connectivity index (χ1n) is 8.48. The Bertz CT molecular complexity index is 724. The minimum Gasteiger partial charge on any atom is -0.405 e. The van der Waals surface area contributed by atoms with E-state index in [1.165, 1.54) is 11.6 Å². The molecule has 0 aromatic heterocycles. The van der Waals surface area contributed by atoms with Gasteiger partial charge in [-0.1, -0.05) is 30.3 Å². The molecule has 1 fully saturated rings. The van der Waals surface area contributed by atoms with Gasteiger partial charge in [-0.05, 0) is 65.7 Å². The van der Waals surface area contributed by atoms with Crippen molar-refractivity contribution in [1.82, 2.24) is 10.6 Å². The van der Waals surface area contributed by atoms with Crippen molar-refractivity contribution in [3.05, 3.63) is 63.2 Å². The van der Waals surface area contributed by atoms with Gasteiger partial charge in [0.2, 0.25) is 0 Å². The van der Waals surface area contributed by atoms with Crippen LogP contribution in [0.3, 0.4) is 0 Å². The molecule has 1 saturated heterocycles. The van der Waals surface area contributed by atoms with Crippen LogP contribution in [0.1, 0.15) is 30.0 Å². The van der Waals surface area contributed by atoms with E-state index >= 15 is 0 Å². The monoisotopic (exact) mass is 476 g/mol. The predicted molar refractivity (Wildman–Crippen MR) is 103 cm³/mol. The zero-order chi connectivity index (χ0) is 18.6. The van der Waals surface area contributed by atoms with Crippen molar-refractivity contribution in [2.24, 2.45) is 0 Å². The highest BCUT2D eigenvalue weighted by atomic mass is 127. The van der Waals surface area contributed by atoms with E-state index in [0.29, 0.717) is 12.1 Å². The van der Waals surface area contributed by atoms with E-state index in [9.17, 15) is 13.2 Å². The van der Waals surface area contributed by atoms with E-state index < -0.39 is 6.36 Å². The quantitative estimate of drug-likeness (QED) is 0.611. The smallest absolute Gasteiger partial charge is 0.405 e. The first kappa shape index (κ1) is 19.4. The maximum Gasteiger partial charge on any atom is 0.573 e. The van der Waals surface area contributed by atoms with Crippen molar-refractivity contribution in [3.63, 3.8) is 0 Å². The van der Waals surface area contributed by atoms with Crippen LogP contribution in [0.15, 0.2) is 48.5 Å². The molecule has 2 atom stereocenters. The third-order valence-corrected chi connectivity index (χ3v) is 5.09. The number of rotatable bonds is 5. The average Bonchev–Trinajstić information content (AvgIpc) is 2.62. The number of piperidine rings is 1. The molecule has 7 heteroatoms. The van der Waals surface area contributed by atoms with Gasteiger partial charge < -0.3 is 15.4 Å². The van der Waals surface area contributed by atoms with Gasteiger partial charge in [-0.3, -0.25) is 0 Å². The summed E-state index contributed by atoms with van der Waals surface area (Å²) in [5.41, 5.74) is 1.69. The zero-order valence-electron chi connectivity index (χ0n) is 14.0. The molecule has 1 aliphatic rings. The standard InChI is InChI=1S/C19H20F3IN2O/c20-19(21,22)26-17-9-8-15(23)11-14(17)12-25-16-7-4-10-24-18(16)13-5-2-1-3-6-13/h1-3,5-6,8-9,11,16,18,24-25H,4,7,10,12H2. The van der Waals surface area contributed by atoms with Crippen LogP contribution in [0.5, 0.6) is 5.75 Å². The van der Waals surface area contributed by atoms with E-state index in [1.54, 1.807) is 12.1 Å². The summed E-state index contributed by atoms with van der Waals surface area (Å²) in [5, 5.41) is 6.94. The van der Waals surface area contributed by atoms with E-state index in [4.69, 9.17) is 0 Å². The summed E-state index contributed by atoms with van der Waals surface area (Å²) in [6.45, 7) is 1.25.